The smallest absolute Gasteiger partial charge is 0.191 e. The average Bonchev–Trinajstić information content (AvgIpc) is 3.33. The van der Waals surface area contributed by atoms with Crippen LogP contribution in [0.4, 0.5) is 0 Å². The van der Waals surface area contributed by atoms with Gasteiger partial charge in [0, 0.05) is 35.9 Å². The van der Waals surface area contributed by atoms with E-state index in [1.165, 1.54) is 18.4 Å². The van der Waals surface area contributed by atoms with Crippen LogP contribution in [0, 0.1) is 6.92 Å². The number of hydrogen-bond acceptors (Lipinski definition) is 3. The lowest BCUT2D eigenvalue weighted by molar-refractivity contribution is 0.392. The van der Waals surface area contributed by atoms with E-state index in [0.29, 0.717) is 6.04 Å². The predicted molar refractivity (Wildman–Crippen MR) is 122 cm³/mol. The first kappa shape index (κ1) is 20.6. The minimum absolute atomic E-state index is 0. The molecule has 0 radical (unpaired) electrons. The van der Waals surface area contributed by atoms with Crippen molar-refractivity contribution in [2.75, 3.05) is 13.6 Å². The van der Waals surface area contributed by atoms with Crippen LogP contribution in [-0.4, -0.2) is 40.4 Å². The molecule has 1 aliphatic carbocycles. The standard InChI is InChI=1S/C19H25BrN6.HI/c1-13-23-17-7-6-16(11-26(17)25-13)24-18(21-2)22-12-19(8-9-19)14-4-3-5-15(20)10-14;/h3-5,10,16H,6-9,11-12H2,1-2H3,(H2,21,22,24);1H. The second kappa shape index (κ2) is 8.46. The summed E-state index contributed by atoms with van der Waals surface area (Å²) in [6.45, 7) is 3.70. The zero-order valence-electron chi connectivity index (χ0n) is 15.7. The number of aryl methyl sites for hydroxylation is 2. The van der Waals surface area contributed by atoms with Gasteiger partial charge >= 0.3 is 0 Å². The maximum Gasteiger partial charge on any atom is 0.191 e. The van der Waals surface area contributed by atoms with E-state index < -0.39 is 0 Å². The molecule has 1 saturated carbocycles. The van der Waals surface area contributed by atoms with Gasteiger partial charge < -0.3 is 10.6 Å². The fraction of sp³-hybridized carbons (Fsp3) is 0.526. The van der Waals surface area contributed by atoms with E-state index in [9.17, 15) is 0 Å². The number of nitrogens with zero attached hydrogens (tertiary/aromatic N) is 4. The molecule has 2 aliphatic rings. The Labute approximate surface area is 185 Å². The molecule has 8 heteroatoms. The number of nitrogens with one attached hydrogen (secondary N) is 2. The topological polar surface area (TPSA) is 67.1 Å². The van der Waals surface area contributed by atoms with Crippen molar-refractivity contribution in [1.82, 2.24) is 25.4 Å². The van der Waals surface area contributed by atoms with Gasteiger partial charge in [-0.1, -0.05) is 28.1 Å². The Bertz CT molecular complexity index is 829. The van der Waals surface area contributed by atoms with Gasteiger partial charge in [0.05, 0.1) is 6.54 Å². The number of rotatable bonds is 4. The van der Waals surface area contributed by atoms with Crippen LogP contribution in [0.5, 0.6) is 0 Å². The van der Waals surface area contributed by atoms with Gasteiger partial charge in [0.1, 0.15) is 11.6 Å². The number of benzene rings is 1. The Morgan fingerprint density at radius 3 is 2.93 bits per heavy atom. The normalized spacial score (nSPS) is 20.4. The summed E-state index contributed by atoms with van der Waals surface area (Å²) in [6.07, 6.45) is 4.45. The molecule has 1 aromatic heterocycles. The molecule has 1 unspecified atom stereocenters. The van der Waals surface area contributed by atoms with Gasteiger partial charge in [-0.3, -0.25) is 4.99 Å². The lowest BCUT2D eigenvalue weighted by atomic mass is 9.96. The molecule has 4 rings (SSSR count). The third-order valence-electron chi connectivity index (χ3n) is 5.41. The van der Waals surface area contributed by atoms with Crippen LogP contribution in [0.25, 0.3) is 0 Å². The van der Waals surface area contributed by atoms with E-state index in [1.54, 1.807) is 0 Å². The molecule has 27 heavy (non-hydrogen) atoms. The summed E-state index contributed by atoms with van der Waals surface area (Å²) in [5.74, 6) is 2.82. The van der Waals surface area contributed by atoms with Gasteiger partial charge in [0.15, 0.2) is 5.96 Å². The molecule has 1 aliphatic heterocycles. The van der Waals surface area contributed by atoms with E-state index >= 15 is 0 Å². The summed E-state index contributed by atoms with van der Waals surface area (Å²) in [6, 6.07) is 8.99. The quantitative estimate of drug-likeness (QED) is 0.352. The molecule has 1 fully saturated rings. The van der Waals surface area contributed by atoms with Gasteiger partial charge in [-0.25, -0.2) is 9.67 Å². The lowest BCUT2D eigenvalue weighted by Gasteiger charge is -2.26. The van der Waals surface area contributed by atoms with Gasteiger partial charge in [-0.15, -0.1) is 24.0 Å². The Morgan fingerprint density at radius 2 is 2.22 bits per heavy atom. The van der Waals surface area contributed by atoms with Crippen LogP contribution in [-0.2, 0) is 18.4 Å². The van der Waals surface area contributed by atoms with Crippen LogP contribution in [0.2, 0.25) is 0 Å². The highest BCUT2D eigenvalue weighted by molar-refractivity contribution is 14.0. The number of fused-ring (bicyclic) bond motifs is 1. The van der Waals surface area contributed by atoms with Gasteiger partial charge in [-0.05, 0) is 43.9 Å². The van der Waals surface area contributed by atoms with Crippen molar-refractivity contribution in [2.24, 2.45) is 4.99 Å². The van der Waals surface area contributed by atoms with E-state index in [0.717, 1.165) is 48.0 Å². The minimum atomic E-state index is 0. The molecule has 2 N–H and O–H groups in total. The number of hydrogen-bond donors (Lipinski definition) is 2. The van der Waals surface area contributed by atoms with E-state index in [4.69, 9.17) is 0 Å². The number of guanidine groups is 1. The van der Waals surface area contributed by atoms with Crippen LogP contribution < -0.4 is 10.6 Å². The van der Waals surface area contributed by atoms with E-state index in [-0.39, 0.29) is 29.4 Å². The van der Waals surface area contributed by atoms with Crippen molar-refractivity contribution < 1.29 is 0 Å². The van der Waals surface area contributed by atoms with Crippen molar-refractivity contribution >= 4 is 45.9 Å². The molecule has 1 atom stereocenters. The summed E-state index contributed by atoms with van der Waals surface area (Å²) < 4.78 is 3.16. The van der Waals surface area contributed by atoms with Gasteiger partial charge in [-0.2, -0.15) is 5.10 Å². The summed E-state index contributed by atoms with van der Waals surface area (Å²) in [5.41, 5.74) is 1.64. The van der Waals surface area contributed by atoms with E-state index in [1.807, 2.05) is 18.7 Å². The monoisotopic (exact) mass is 544 g/mol. The molecule has 0 bridgehead atoms. The molecule has 2 aromatic rings. The van der Waals surface area contributed by atoms with Crippen molar-refractivity contribution in [3.05, 3.63) is 46.0 Å². The highest BCUT2D eigenvalue weighted by Crippen LogP contribution is 2.48. The van der Waals surface area contributed by atoms with Crippen LogP contribution in [0.15, 0.2) is 33.7 Å². The first-order valence-electron chi connectivity index (χ1n) is 9.21. The molecule has 0 amide bonds. The Hall–Kier alpha value is -1.16. The Balaban J connectivity index is 0.00000210. The fourth-order valence-corrected chi connectivity index (χ4v) is 4.13. The van der Waals surface area contributed by atoms with Crippen LogP contribution >= 0.6 is 39.9 Å². The third-order valence-corrected chi connectivity index (χ3v) is 5.91. The second-order valence-corrected chi connectivity index (χ2v) is 8.27. The third kappa shape index (κ3) is 4.64. The Morgan fingerprint density at radius 1 is 1.41 bits per heavy atom. The molecule has 2 heterocycles. The van der Waals surface area contributed by atoms with Crippen molar-refractivity contribution in [3.63, 3.8) is 0 Å². The minimum Gasteiger partial charge on any atom is -0.356 e. The average molecular weight is 545 g/mol. The zero-order chi connectivity index (χ0) is 18.1. The SMILES string of the molecule is CN=C(NCC1(c2cccc(Br)c2)CC1)NC1CCc2nc(C)nn2C1.I. The molecular weight excluding hydrogens is 519 g/mol. The summed E-state index contributed by atoms with van der Waals surface area (Å²) >= 11 is 3.59. The van der Waals surface area contributed by atoms with Crippen molar-refractivity contribution in [2.45, 2.75) is 50.6 Å². The maximum absolute atomic E-state index is 4.48. The Kier molecular flexibility index (Phi) is 6.45. The molecule has 0 spiro atoms. The number of aromatic nitrogens is 3. The largest absolute Gasteiger partial charge is 0.356 e. The van der Waals surface area contributed by atoms with Crippen LogP contribution in [0.3, 0.4) is 0 Å². The lowest BCUT2D eigenvalue weighted by Crippen LogP contribution is -2.48. The second-order valence-electron chi connectivity index (χ2n) is 7.35. The number of halogens is 2. The van der Waals surface area contributed by atoms with E-state index in [2.05, 4.69) is 65.9 Å². The highest BCUT2D eigenvalue weighted by atomic mass is 127. The summed E-state index contributed by atoms with van der Waals surface area (Å²) in [4.78, 5) is 8.90. The predicted octanol–water partition coefficient (Wildman–Crippen LogP) is 3.18. The first-order chi connectivity index (χ1) is 12.6. The van der Waals surface area contributed by atoms with Crippen molar-refractivity contribution in [1.29, 1.82) is 0 Å². The van der Waals surface area contributed by atoms with Crippen molar-refractivity contribution in [3.8, 4) is 0 Å². The fourth-order valence-electron chi connectivity index (χ4n) is 3.73. The molecule has 1 aromatic carbocycles. The highest BCUT2D eigenvalue weighted by Gasteiger charge is 2.44. The summed E-state index contributed by atoms with van der Waals surface area (Å²) in [7, 11) is 1.84. The zero-order valence-corrected chi connectivity index (χ0v) is 19.6. The molecular formula is C19H26BrIN6. The number of aliphatic imine (C=N–C) groups is 1. The van der Waals surface area contributed by atoms with Gasteiger partial charge in [0.2, 0.25) is 0 Å². The van der Waals surface area contributed by atoms with Crippen LogP contribution in [0.1, 0.15) is 36.5 Å². The summed E-state index contributed by atoms with van der Waals surface area (Å²) in [5, 5.41) is 11.6. The molecule has 0 saturated heterocycles. The van der Waals surface area contributed by atoms with Gasteiger partial charge in [0.25, 0.3) is 0 Å². The maximum atomic E-state index is 4.48. The molecule has 146 valence electrons. The first-order valence-corrected chi connectivity index (χ1v) is 10.0. The molecule has 6 nitrogen and oxygen atoms in total.